The van der Waals surface area contributed by atoms with Gasteiger partial charge in [0.2, 0.25) is 11.8 Å². The van der Waals surface area contributed by atoms with Crippen molar-refractivity contribution < 1.29 is 29.2 Å². The van der Waals surface area contributed by atoms with Gasteiger partial charge in [0.25, 0.3) is 17.5 Å². The van der Waals surface area contributed by atoms with Gasteiger partial charge >= 0.3 is 0 Å². The molecule has 4 amide bonds. The van der Waals surface area contributed by atoms with Gasteiger partial charge in [-0.1, -0.05) is 77.9 Å². The molecule has 4 aromatic carbocycles. The number of benzene rings is 4. The molecule has 0 aromatic heterocycles. The fourth-order valence-electron chi connectivity index (χ4n) is 8.83. The van der Waals surface area contributed by atoms with Gasteiger partial charge in [-0.2, -0.15) is 5.01 Å². The van der Waals surface area contributed by atoms with Crippen LogP contribution >= 0.6 is 0 Å². The number of phenolic OH excluding ortho intramolecular Hbond substituents is 1. The van der Waals surface area contributed by atoms with E-state index in [0.29, 0.717) is 16.8 Å². The Morgan fingerprint density at radius 2 is 1.58 bits per heavy atom. The van der Waals surface area contributed by atoms with Crippen LogP contribution in [0, 0.1) is 40.7 Å². The van der Waals surface area contributed by atoms with Crippen molar-refractivity contribution in [3.05, 3.63) is 142 Å². The average molecular weight is 669 g/mol. The SMILES string of the molecule is Cc1ccc(NN2C(=O)C3CC4C(=CCC5C(=O)N(c6cccc([N+](=O)[O-])c6)C(=O)C54)C(c4cccc(O)c4)C3(c3ccccc3)C2=O)cc1. The lowest BCUT2D eigenvalue weighted by Gasteiger charge is -2.50. The number of carbonyl (C=O) groups is 4. The number of hydrogen-bond acceptors (Lipinski definition) is 8. The number of anilines is 2. The summed E-state index contributed by atoms with van der Waals surface area (Å²) in [5.74, 6) is -5.84. The van der Waals surface area contributed by atoms with Gasteiger partial charge in [0, 0.05) is 18.1 Å². The summed E-state index contributed by atoms with van der Waals surface area (Å²) < 4.78 is 0. The minimum absolute atomic E-state index is 0.0194. The first-order chi connectivity index (χ1) is 24.1. The smallest absolute Gasteiger partial charge is 0.271 e. The van der Waals surface area contributed by atoms with Gasteiger partial charge < -0.3 is 5.11 Å². The predicted octanol–water partition coefficient (Wildman–Crippen LogP) is 5.80. The molecule has 6 atom stereocenters. The van der Waals surface area contributed by atoms with E-state index >= 15 is 4.79 Å². The molecule has 4 aliphatic rings. The van der Waals surface area contributed by atoms with Crippen LogP contribution < -0.4 is 10.3 Å². The van der Waals surface area contributed by atoms with E-state index in [-0.39, 0.29) is 30.0 Å². The molecule has 6 unspecified atom stereocenters. The summed E-state index contributed by atoms with van der Waals surface area (Å²) in [5, 5.41) is 23.4. The Labute approximate surface area is 286 Å². The molecule has 2 heterocycles. The van der Waals surface area contributed by atoms with E-state index in [9.17, 15) is 29.6 Å². The maximum absolute atomic E-state index is 15.1. The van der Waals surface area contributed by atoms with E-state index in [1.54, 1.807) is 24.3 Å². The van der Waals surface area contributed by atoms with Crippen molar-refractivity contribution >= 4 is 40.7 Å². The number of aromatic hydroxyl groups is 1. The van der Waals surface area contributed by atoms with Crippen LogP contribution in [-0.2, 0) is 24.6 Å². The number of nitro groups is 1. The molecular formula is C39H32N4O7. The van der Waals surface area contributed by atoms with Crippen LogP contribution in [0.2, 0.25) is 0 Å². The molecule has 11 heteroatoms. The second kappa shape index (κ2) is 11.5. The van der Waals surface area contributed by atoms with E-state index in [1.165, 1.54) is 30.3 Å². The number of phenols is 1. The number of imide groups is 2. The third-order valence-corrected chi connectivity index (χ3v) is 10.9. The minimum atomic E-state index is -1.45. The predicted molar refractivity (Wildman–Crippen MR) is 182 cm³/mol. The first-order valence-corrected chi connectivity index (χ1v) is 16.5. The Hall–Kier alpha value is -6.10. The number of hydrogen-bond donors (Lipinski definition) is 2. The molecule has 4 aromatic rings. The average Bonchev–Trinajstić information content (AvgIpc) is 3.50. The van der Waals surface area contributed by atoms with Crippen LogP contribution in [0.1, 0.15) is 35.4 Å². The van der Waals surface area contributed by atoms with Gasteiger partial charge in [-0.15, -0.1) is 0 Å². The molecule has 250 valence electrons. The summed E-state index contributed by atoms with van der Waals surface area (Å²) in [7, 11) is 0. The van der Waals surface area contributed by atoms with Crippen LogP contribution in [0.5, 0.6) is 5.75 Å². The number of allylic oxidation sites excluding steroid dienone is 2. The Kier molecular flexibility index (Phi) is 7.18. The Bertz CT molecular complexity index is 2130. The summed E-state index contributed by atoms with van der Waals surface area (Å²) in [6.07, 6.45) is 2.23. The standard InChI is InChI=1S/C39H32N4O7/c1-22-13-15-25(16-14-22)40-42-36(46)32-21-31-29(17-18-30-33(31)37(47)41(35(30)45)26-10-6-11-27(20-26)43(49)50)34(23-7-5-12-28(44)19-23)39(32,38(42)48)24-8-3-2-4-9-24/h2-17,19-20,30-34,40,44H,18,21H2,1H3. The number of carbonyl (C=O) groups excluding carboxylic acids is 4. The second-order valence-corrected chi connectivity index (χ2v) is 13.5. The van der Waals surface area contributed by atoms with Crippen LogP contribution in [0.3, 0.4) is 0 Å². The fourth-order valence-corrected chi connectivity index (χ4v) is 8.83. The van der Waals surface area contributed by atoms with Gasteiger partial charge in [-0.05, 0) is 67.1 Å². The van der Waals surface area contributed by atoms with Gasteiger partial charge in [0.05, 0.1) is 39.5 Å². The highest BCUT2D eigenvalue weighted by molar-refractivity contribution is 6.22. The van der Waals surface area contributed by atoms with E-state index in [1.807, 2.05) is 61.5 Å². The third kappa shape index (κ3) is 4.49. The maximum atomic E-state index is 15.1. The highest BCUT2D eigenvalue weighted by Gasteiger charge is 2.70. The molecule has 3 fully saturated rings. The van der Waals surface area contributed by atoms with Crippen LogP contribution in [-0.4, -0.2) is 38.7 Å². The Balaban J connectivity index is 1.30. The molecule has 0 bridgehead atoms. The molecule has 0 spiro atoms. The van der Waals surface area contributed by atoms with Crippen molar-refractivity contribution in [2.24, 2.45) is 23.7 Å². The van der Waals surface area contributed by atoms with Crippen LogP contribution in [0.25, 0.3) is 0 Å². The van der Waals surface area contributed by atoms with E-state index in [2.05, 4.69) is 5.43 Å². The van der Waals surface area contributed by atoms with Gasteiger partial charge in [0.1, 0.15) is 5.75 Å². The summed E-state index contributed by atoms with van der Waals surface area (Å²) in [6.45, 7) is 1.94. The number of aryl methyl sites for hydroxylation is 1. The van der Waals surface area contributed by atoms with Crippen molar-refractivity contribution in [2.75, 3.05) is 10.3 Å². The lowest BCUT2D eigenvalue weighted by Crippen LogP contribution is -2.53. The molecule has 0 radical (unpaired) electrons. The summed E-state index contributed by atoms with van der Waals surface area (Å²) in [5.41, 5.74) is 5.01. The van der Waals surface area contributed by atoms with Crippen molar-refractivity contribution in [1.29, 1.82) is 0 Å². The zero-order valence-corrected chi connectivity index (χ0v) is 26.9. The monoisotopic (exact) mass is 668 g/mol. The highest BCUT2D eigenvalue weighted by Crippen LogP contribution is 2.64. The van der Waals surface area contributed by atoms with Gasteiger partial charge in [-0.3, -0.25) is 34.7 Å². The Morgan fingerprint density at radius 3 is 2.30 bits per heavy atom. The fraction of sp³-hybridized carbons (Fsp3) is 0.231. The third-order valence-electron chi connectivity index (χ3n) is 10.9. The summed E-state index contributed by atoms with van der Waals surface area (Å²) in [4.78, 5) is 70.2. The number of fused-ring (bicyclic) bond motifs is 4. The molecule has 11 nitrogen and oxygen atoms in total. The number of non-ortho nitro benzene ring substituents is 1. The minimum Gasteiger partial charge on any atom is -0.508 e. The number of amides is 4. The molecule has 2 saturated heterocycles. The number of nitrogens with one attached hydrogen (secondary N) is 1. The molecule has 50 heavy (non-hydrogen) atoms. The summed E-state index contributed by atoms with van der Waals surface area (Å²) in [6, 6.07) is 28.5. The first-order valence-electron chi connectivity index (χ1n) is 16.5. The lowest BCUT2D eigenvalue weighted by molar-refractivity contribution is -0.384. The quantitative estimate of drug-likeness (QED) is 0.113. The molecular weight excluding hydrogens is 636 g/mol. The van der Waals surface area contributed by atoms with Crippen molar-refractivity contribution in [1.82, 2.24) is 5.01 Å². The van der Waals surface area contributed by atoms with E-state index < -0.39 is 63.6 Å². The van der Waals surface area contributed by atoms with Crippen LogP contribution in [0.15, 0.2) is 115 Å². The molecule has 2 aliphatic heterocycles. The van der Waals surface area contributed by atoms with Crippen molar-refractivity contribution in [3.63, 3.8) is 0 Å². The van der Waals surface area contributed by atoms with Gasteiger partial charge in [0.15, 0.2) is 0 Å². The largest absolute Gasteiger partial charge is 0.508 e. The highest BCUT2D eigenvalue weighted by atomic mass is 16.6. The van der Waals surface area contributed by atoms with E-state index in [4.69, 9.17) is 0 Å². The number of nitrogens with zero attached hydrogens (tertiary/aromatic N) is 3. The van der Waals surface area contributed by atoms with Gasteiger partial charge in [-0.25, -0.2) is 4.90 Å². The number of hydrazine groups is 1. The normalized spacial score (nSPS) is 27.1. The molecule has 2 N–H and O–H groups in total. The first kappa shape index (κ1) is 31.2. The lowest BCUT2D eigenvalue weighted by atomic mass is 9.49. The summed E-state index contributed by atoms with van der Waals surface area (Å²) >= 11 is 0. The number of rotatable bonds is 6. The zero-order chi connectivity index (χ0) is 34.9. The maximum Gasteiger partial charge on any atom is 0.271 e. The number of nitro benzene ring substituents is 1. The topological polar surface area (TPSA) is 150 Å². The van der Waals surface area contributed by atoms with Crippen molar-refractivity contribution in [2.45, 2.75) is 31.1 Å². The van der Waals surface area contributed by atoms with E-state index in [0.717, 1.165) is 21.0 Å². The van der Waals surface area contributed by atoms with Crippen molar-refractivity contribution in [3.8, 4) is 5.75 Å². The zero-order valence-electron chi connectivity index (χ0n) is 26.9. The Morgan fingerprint density at radius 1 is 0.840 bits per heavy atom. The molecule has 8 rings (SSSR count). The van der Waals surface area contributed by atoms with Crippen LogP contribution in [0.4, 0.5) is 17.1 Å². The molecule has 2 aliphatic carbocycles. The second-order valence-electron chi connectivity index (χ2n) is 13.5. The molecule has 1 saturated carbocycles.